The van der Waals surface area contributed by atoms with Crippen LogP contribution in [0.5, 0.6) is 0 Å². The van der Waals surface area contributed by atoms with E-state index >= 15 is 0 Å². The lowest BCUT2D eigenvalue weighted by atomic mass is 10.2. The summed E-state index contributed by atoms with van der Waals surface area (Å²) >= 11 is 0. The molecule has 0 radical (unpaired) electrons. The quantitative estimate of drug-likeness (QED) is 0.864. The molecule has 0 fully saturated rings. The summed E-state index contributed by atoms with van der Waals surface area (Å²) in [6, 6.07) is 5.47. The Kier molecular flexibility index (Phi) is 3.52. The molecule has 2 rings (SSSR count). The first-order valence-electron chi connectivity index (χ1n) is 5.57. The molecular weight excluding hydrogens is 228 g/mol. The van der Waals surface area contributed by atoms with Crippen molar-refractivity contribution in [1.82, 2.24) is 9.97 Å². The molecule has 0 aromatic carbocycles. The summed E-state index contributed by atoms with van der Waals surface area (Å²) in [6.45, 7) is 1.89. The van der Waals surface area contributed by atoms with E-state index in [4.69, 9.17) is 0 Å². The smallest absolute Gasteiger partial charge is 0.260 e. The Labute approximate surface area is 105 Å². The molecule has 2 N–H and O–H groups in total. The Morgan fingerprint density at radius 2 is 2.11 bits per heavy atom. The van der Waals surface area contributed by atoms with Crippen LogP contribution in [0.3, 0.4) is 0 Å². The molecule has 0 saturated carbocycles. The van der Waals surface area contributed by atoms with Crippen LogP contribution in [0.4, 0.5) is 11.5 Å². The van der Waals surface area contributed by atoms with E-state index in [0.717, 1.165) is 11.3 Å². The van der Waals surface area contributed by atoms with Crippen LogP contribution in [0.2, 0.25) is 0 Å². The van der Waals surface area contributed by atoms with E-state index in [1.807, 2.05) is 19.1 Å². The van der Waals surface area contributed by atoms with Gasteiger partial charge in [-0.2, -0.15) is 0 Å². The van der Waals surface area contributed by atoms with Crippen LogP contribution in [-0.2, 0) is 0 Å². The van der Waals surface area contributed by atoms with Crippen molar-refractivity contribution >= 4 is 17.4 Å². The van der Waals surface area contributed by atoms with Crippen LogP contribution >= 0.6 is 0 Å². The van der Waals surface area contributed by atoms with Gasteiger partial charge in [0.05, 0.1) is 5.56 Å². The van der Waals surface area contributed by atoms with Crippen LogP contribution < -0.4 is 10.6 Å². The van der Waals surface area contributed by atoms with Crippen LogP contribution in [0.25, 0.3) is 0 Å². The molecule has 0 bridgehead atoms. The fourth-order valence-electron chi connectivity index (χ4n) is 1.58. The molecule has 0 aliphatic heterocycles. The van der Waals surface area contributed by atoms with Crippen LogP contribution in [0.1, 0.15) is 15.9 Å². The van der Waals surface area contributed by atoms with Gasteiger partial charge in [-0.05, 0) is 24.6 Å². The molecular formula is C13H14N4O. The highest BCUT2D eigenvalue weighted by Gasteiger charge is 2.12. The molecule has 0 saturated heterocycles. The van der Waals surface area contributed by atoms with Gasteiger partial charge in [0.1, 0.15) is 5.82 Å². The average Bonchev–Trinajstić information content (AvgIpc) is 2.41. The molecule has 0 spiro atoms. The molecule has 0 aliphatic carbocycles. The summed E-state index contributed by atoms with van der Waals surface area (Å²) in [4.78, 5) is 20.2. The van der Waals surface area contributed by atoms with E-state index in [-0.39, 0.29) is 5.91 Å². The van der Waals surface area contributed by atoms with E-state index in [0.29, 0.717) is 11.4 Å². The van der Waals surface area contributed by atoms with Crippen molar-refractivity contribution in [3.05, 3.63) is 47.9 Å². The van der Waals surface area contributed by atoms with Crippen molar-refractivity contribution in [2.45, 2.75) is 6.92 Å². The average molecular weight is 242 g/mol. The maximum atomic E-state index is 12.1. The second-order valence-electron chi connectivity index (χ2n) is 3.79. The number of hydrogen-bond acceptors (Lipinski definition) is 4. The van der Waals surface area contributed by atoms with Gasteiger partial charge in [0, 0.05) is 31.3 Å². The molecule has 18 heavy (non-hydrogen) atoms. The number of amides is 1. The minimum Gasteiger partial charge on any atom is -0.387 e. The lowest BCUT2D eigenvalue weighted by Gasteiger charge is -2.09. The summed E-state index contributed by atoms with van der Waals surface area (Å²) < 4.78 is 0. The number of aryl methyl sites for hydroxylation is 1. The van der Waals surface area contributed by atoms with Gasteiger partial charge in [-0.3, -0.25) is 9.78 Å². The maximum Gasteiger partial charge on any atom is 0.260 e. The third-order valence-electron chi connectivity index (χ3n) is 2.58. The van der Waals surface area contributed by atoms with Gasteiger partial charge in [0.25, 0.3) is 5.91 Å². The highest BCUT2D eigenvalue weighted by atomic mass is 16.1. The molecule has 2 aromatic rings. The molecule has 2 aromatic heterocycles. The SMILES string of the molecule is CNc1ccncc1C(=O)Nc1ncccc1C. The molecule has 92 valence electrons. The van der Waals surface area contributed by atoms with Gasteiger partial charge in [0.2, 0.25) is 0 Å². The van der Waals surface area contributed by atoms with Gasteiger partial charge in [0.15, 0.2) is 0 Å². The highest BCUT2D eigenvalue weighted by Crippen LogP contribution is 2.16. The number of carbonyl (C=O) groups excluding carboxylic acids is 1. The Morgan fingerprint density at radius 1 is 1.28 bits per heavy atom. The van der Waals surface area contributed by atoms with Gasteiger partial charge in [-0.1, -0.05) is 6.07 Å². The lowest BCUT2D eigenvalue weighted by molar-refractivity contribution is 0.102. The minimum atomic E-state index is -0.228. The number of anilines is 2. The van der Waals surface area contributed by atoms with Crippen molar-refractivity contribution in [2.24, 2.45) is 0 Å². The molecule has 0 unspecified atom stereocenters. The summed E-state index contributed by atoms with van der Waals surface area (Å²) in [5, 5.41) is 5.73. The van der Waals surface area contributed by atoms with Crippen molar-refractivity contribution in [1.29, 1.82) is 0 Å². The molecule has 1 amide bonds. The third kappa shape index (κ3) is 2.45. The number of pyridine rings is 2. The first-order valence-corrected chi connectivity index (χ1v) is 5.57. The Balaban J connectivity index is 2.25. The Bertz CT molecular complexity index is 568. The molecule has 5 heteroatoms. The monoisotopic (exact) mass is 242 g/mol. The maximum absolute atomic E-state index is 12.1. The number of nitrogens with one attached hydrogen (secondary N) is 2. The number of rotatable bonds is 3. The predicted octanol–water partition coefficient (Wildman–Crippen LogP) is 2.08. The van der Waals surface area contributed by atoms with Crippen molar-refractivity contribution in [2.75, 3.05) is 17.7 Å². The van der Waals surface area contributed by atoms with E-state index in [1.165, 1.54) is 6.20 Å². The van der Waals surface area contributed by atoms with Crippen molar-refractivity contribution in [3.63, 3.8) is 0 Å². The Morgan fingerprint density at radius 3 is 2.83 bits per heavy atom. The van der Waals surface area contributed by atoms with Gasteiger partial charge >= 0.3 is 0 Å². The van der Waals surface area contributed by atoms with Gasteiger partial charge in [-0.25, -0.2) is 4.98 Å². The fourth-order valence-corrected chi connectivity index (χ4v) is 1.58. The zero-order chi connectivity index (χ0) is 13.0. The number of aromatic nitrogens is 2. The summed E-state index contributed by atoms with van der Waals surface area (Å²) in [6.07, 6.45) is 4.80. The van der Waals surface area contributed by atoms with Crippen molar-refractivity contribution in [3.8, 4) is 0 Å². The van der Waals surface area contributed by atoms with Crippen LogP contribution in [0.15, 0.2) is 36.8 Å². The third-order valence-corrected chi connectivity index (χ3v) is 2.58. The molecule has 0 atom stereocenters. The number of carbonyl (C=O) groups is 1. The fraction of sp³-hybridized carbons (Fsp3) is 0.154. The first-order chi connectivity index (χ1) is 8.72. The van der Waals surface area contributed by atoms with Crippen LogP contribution in [-0.4, -0.2) is 22.9 Å². The minimum absolute atomic E-state index is 0.228. The largest absolute Gasteiger partial charge is 0.387 e. The van der Waals surface area contributed by atoms with E-state index < -0.39 is 0 Å². The van der Waals surface area contributed by atoms with E-state index in [2.05, 4.69) is 20.6 Å². The van der Waals surface area contributed by atoms with Crippen molar-refractivity contribution < 1.29 is 4.79 Å². The Hall–Kier alpha value is -2.43. The van der Waals surface area contributed by atoms with E-state index in [1.54, 1.807) is 25.5 Å². The predicted molar refractivity (Wildman–Crippen MR) is 70.7 cm³/mol. The summed E-state index contributed by atoms with van der Waals surface area (Å²) in [5.41, 5.74) is 2.14. The molecule has 0 aliphatic rings. The second-order valence-corrected chi connectivity index (χ2v) is 3.79. The number of hydrogen-bond donors (Lipinski definition) is 2. The van der Waals surface area contributed by atoms with Gasteiger partial charge in [-0.15, -0.1) is 0 Å². The topological polar surface area (TPSA) is 66.9 Å². The lowest BCUT2D eigenvalue weighted by Crippen LogP contribution is -2.15. The summed E-state index contributed by atoms with van der Waals surface area (Å²) in [5.74, 6) is 0.336. The zero-order valence-corrected chi connectivity index (χ0v) is 10.3. The normalized spacial score (nSPS) is 9.89. The number of nitrogens with zero attached hydrogens (tertiary/aromatic N) is 2. The zero-order valence-electron chi connectivity index (χ0n) is 10.3. The van der Waals surface area contributed by atoms with E-state index in [9.17, 15) is 4.79 Å². The summed E-state index contributed by atoms with van der Waals surface area (Å²) in [7, 11) is 1.76. The van der Waals surface area contributed by atoms with Crippen LogP contribution in [0, 0.1) is 6.92 Å². The highest BCUT2D eigenvalue weighted by molar-refractivity contribution is 6.07. The standard InChI is InChI=1S/C13H14N4O/c1-9-4-3-6-16-12(9)17-13(18)10-8-15-7-5-11(10)14-2/h3-8H,1-2H3,(H,14,15)(H,16,17,18). The second kappa shape index (κ2) is 5.27. The molecule has 5 nitrogen and oxygen atoms in total. The van der Waals surface area contributed by atoms with Gasteiger partial charge < -0.3 is 10.6 Å². The first kappa shape index (κ1) is 12.0. The molecule has 2 heterocycles.